The van der Waals surface area contributed by atoms with Crippen molar-refractivity contribution in [1.29, 1.82) is 0 Å². The molecule has 0 fully saturated rings. The van der Waals surface area contributed by atoms with Crippen molar-refractivity contribution < 1.29 is 4.79 Å². The molecule has 18 heavy (non-hydrogen) atoms. The third kappa shape index (κ3) is 2.74. The van der Waals surface area contributed by atoms with Crippen molar-refractivity contribution in [2.45, 2.75) is 6.42 Å². The molecule has 0 radical (unpaired) electrons. The molecule has 0 saturated heterocycles. The zero-order chi connectivity index (χ0) is 13.1. The van der Waals surface area contributed by atoms with Gasteiger partial charge in [-0.1, -0.05) is 5.21 Å². The summed E-state index contributed by atoms with van der Waals surface area (Å²) in [6.07, 6.45) is 2.04. The molecule has 2 aromatic rings. The Morgan fingerprint density at radius 2 is 1.94 bits per heavy atom. The van der Waals surface area contributed by atoms with Gasteiger partial charge in [0.2, 0.25) is 0 Å². The molecule has 2 rings (SSSR count). The number of aromatic nitrogens is 3. The Morgan fingerprint density at radius 3 is 2.44 bits per heavy atom. The number of anilines is 1. The van der Waals surface area contributed by atoms with E-state index in [4.69, 9.17) is 0 Å². The maximum atomic E-state index is 12.0. The minimum Gasteiger partial charge on any atom is -0.378 e. The third-order valence-electron chi connectivity index (χ3n) is 2.70. The van der Waals surface area contributed by atoms with Gasteiger partial charge in [0.15, 0.2) is 5.78 Å². The number of nitrogens with zero attached hydrogens (tertiary/aromatic N) is 4. The first-order valence-electron chi connectivity index (χ1n) is 5.72. The Balaban J connectivity index is 2.09. The lowest BCUT2D eigenvalue weighted by molar-refractivity contribution is 0.0992. The molecule has 0 aliphatic heterocycles. The molecule has 1 aromatic heterocycles. The van der Waals surface area contributed by atoms with Gasteiger partial charge in [0, 0.05) is 38.6 Å². The number of rotatable bonds is 4. The largest absolute Gasteiger partial charge is 0.378 e. The molecule has 0 atom stereocenters. The minimum atomic E-state index is 0.0563. The zero-order valence-electron chi connectivity index (χ0n) is 10.8. The summed E-state index contributed by atoms with van der Waals surface area (Å²) < 4.78 is 1.59. The smallest absolute Gasteiger partial charge is 0.168 e. The second-order valence-corrected chi connectivity index (χ2v) is 4.42. The minimum absolute atomic E-state index is 0.0563. The molecule has 1 heterocycles. The van der Waals surface area contributed by atoms with Gasteiger partial charge in [-0.25, -0.2) is 0 Å². The molecular weight excluding hydrogens is 228 g/mol. The van der Waals surface area contributed by atoms with Crippen LogP contribution >= 0.6 is 0 Å². The molecule has 0 aliphatic carbocycles. The van der Waals surface area contributed by atoms with Crippen molar-refractivity contribution in [3.63, 3.8) is 0 Å². The van der Waals surface area contributed by atoms with Crippen LogP contribution in [0.5, 0.6) is 0 Å². The summed E-state index contributed by atoms with van der Waals surface area (Å²) in [4.78, 5) is 14.0. The van der Waals surface area contributed by atoms with Gasteiger partial charge in [0.1, 0.15) is 0 Å². The van der Waals surface area contributed by atoms with E-state index < -0.39 is 0 Å². The summed E-state index contributed by atoms with van der Waals surface area (Å²) in [6.45, 7) is 0. The molecule has 0 amide bonds. The first kappa shape index (κ1) is 12.3. The highest BCUT2D eigenvalue weighted by Crippen LogP contribution is 2.13. The number of Topliss-reactive ketones (excluding diaryl/α,β-unsaturated/α-hetero) is 1. The van der Waals surface area contributed by atoms with Gasteiger partial charge < -0.3 is 4.90 Å². The lowest BCUT2D eigenvalue weighted by Crippen LogP contribution is -2.09. The Hall–Kier alpha value is -2.17. The number of aryl methyl sites for hydroxylation is 1. The van der Waals surface area contributed by atoms with Crippen molar-refractivity contribution in [1.82, 2.24) is 15.0 Å². The van der Waals surface area contributed by atoms with Crippen molar-refractivity contribution in [3.05, 3.63) is 41.7 Å². The third-order valence-corrected chi connectivity index (χ3v) is 2.70. The van der Waals surface area contributed by atoms with E-state index in [1.165, 1.54) is 0 Å². The van der Waals surface area contributed by atoms with Crippen LogP contribution in [0.3, 0.4) is 0 Å². The molecular formula is C13H16N4O. The number of hydrogen-bond acceptors (Lipinski definition) is 4. The van der Waals surface area contributed by atoms with Crippen molar-refractivity contribution >= 4 is 11.5 Å². The Labute approximate surface area is 106 Å². The zero-order valence-corrected chi connectivity index (χ0v) is 10.8. The predicted molar refractivity (Wildman–Crippen MR) is 69.8 cm³/mol. The highest BCUT2D eigenvalue weighted by atomic mass is 16.1. The van der Waals surface area contributed by atoms with Gasteiger partial charge in [-0.3, -0.25) is 9.48 Å². The fraction of sp³-hybridized carbons (Fsp3) is 0.308. The molecule has 1 aromatic carbocycles. The standard InChI is InChI=1S/C13H16N4O/c1-16(2)12-6-4-10(5-7-12)13(18)8-11-9-17(3)15-14-11/h4-7,9H,8H2,1-3H3. The second kappa shape index (κ2) is 5.00. The number of carbonyl (C=O) groups is 1. The van der Waals surface area contributed by atoms with Crippen molar-refractivity contribution in [3.8, 4) is 0 Å². The summed E-state index contributed by atoms with van der Waals surface area (Å²) in [5, 5.41) is 7.72. The second-order valence-electron chi connectivity index (χ2n) is 4.42. The molecule has 5 heteroatoms. The van der Waals surface area contributed by atoms with Crippen LogP contribution in [-0.2, 0) is 13.5 Å². The summed E-state index contributed by atoms with van der Waals surface area (Å²) in [6, 6.07) is 7.55. The SMILES string of the molecule is CN(C)c1ccc(C(=O)Cc2cn(C)nn2)cc1. The molecule has 5 nitrogen and oxygen atoms in total. The van der Waals surface area contributed by atoms with Gasteiger partial charge in [0.05, 0.1) is 12.1 Å². The molecule has 0 aliphatic rings. The quantitative estimate of drug-likeness (QED) is 0.761. The predicted octanol–water partition coefficient (Wildman–Crippen LogP) is 1.31. The monoisotopic (exact) mass is 244 g/mol. The van der Waals surface area contributed by atoms with Crippen LogP contribution in [0.1, 0.15) is 16.1 Å². The molecule has 0 unspecified atom stereocenters. The van der Waals surface area contributed by atoms with Crippen LogP contribution in [-0.4, -0.2) is 34.9 Å². The first-order valence-corrected chi connectivity index (χ1v) is 5.72. The Bertz CT molecular complexity index is 542. The van der Waals surface area contributed by atoms with Crippen LogP contribution in [0, 0.1) is 0 Å². The van der Waals surface area contributed by atoms with Crippen LogP contribution in [0.4, 0.5) is 5.69 Å². The summed E-state index contributed by atoms with van der Waals surface area (Å²) in [5.41, 5.74) is 2.47. The van der Waals surface area contributed by atoms with Crippen LogP contribution < -0.4 is 4.90 Å². The maximum Gasteiger partial charge on any atom is 0.168 e. The molecule has 94 valence electrons. The van der Waals surface area contributed by atoms with Crippen molar-refractivity contribution in [2.24, 2.45) is 7.05 Å². The Kier molecular flexibility index (Phi) is 3.41. The fourth-order valence-electron chi connectivity index (χ4n) is 1.69. The number of hydrogen-bond donors (Lipinski definition) is 0. The van der Waals surface area contributed by atoms with Gasteiger partial charge in [-0.05, 0) is 24.3 Å². The maximum absolute atomic E-state index is 12.0. The van der Waals surface area contributed by atoms with Crippen LogP contribution in [0.25, 0.3) is 0 Å². The lowest BCUT2D eigenvalue weighted by atomic mass is 10.1. The van der Waals surface area contributed by atoms with Crippen LogP contribution in [0.2, 0.25) is 0 Å². The van der Waals surface area contributed by atoms with Gasteiger partial charge in [0.25, 0.3) is 0 Å². The normalized spacial score (nSPS) is 10.4. The summed E-state index contributed by atoms with van der Waals surface area (Å²) in [7, 11) is 5.72. The van der Waals surface area contributed by atoms with E-state index in [-0.39, 0.29) is 12.2 Å². The van der Waals surface area contributed by atoms with E-state index in [9.17, 15) is 4.79 Å². The van der Waals surface area contributed by atoms with Gasteiger partial charge in [-0.2, -0.15) is 0 Å². The topological polar surface area (TPSA) is 51.0 Å². The first-order chi connectivity index (χ1) is 8.56. The highest BCUT2D eigenvalue weighted by Gasteiger charge is 2.09. The van der Waals surface area contributed by atoms with Crippen molar-refractivity contribution in [2.75, 3.05) is 19.0 Å². The van der Waals surface area contributed by atoms with E-state index in [0.29, 0.717) is 11.3 Å². The number of ketones is 1. The Morgan fingerprint density at radius 1 is 1.28 bits per heavy atom. The molecule has 0 N–H and O–H groups in total. The summed E-state index contributed by atoms with van der Waals surface area (Å²) in [5.74, 6) is 0.0563. The average molecular weight is 244 g/mol. The van der Waals surface area contributed by atoms with Crippen LogP contribution in [0.15, 0.2) is 30.5 Å². The van der Waals surface area contributed by atoms with Gasteiger partial charge in [-0.15, -0.1) is 5.10 Å². The fourth-order valence-corrected chi connectivity index (χ4v) is 1.69. The summed E-state index contributed by atoms with van der Waals surface area (Å²) >= 11 is 0. The number of benzene rings is 1. The van der Waals surface area contributed by atoms with E-state index in [1.807, 2.05) is 43.3 Å². The number of carbonyl (C=O) groups excluding carboxylic acids is 1. The van der Waals surface area contributed by atoms with E-state index >= 15 is 0 Å². The lowest BCUT2D eigenvalue weighted by Gasteiger charge is -2.12. The highest BCUT2D eigenvalue weighted by molar-refractivity contribution is 5.97. The van der Waals surface area contributed by atoms with Gasteiger partial charge >= 0.3 is 0 Å². The van der Waals surface area contributed by atoms with E-state index in [1.54, 1.807) is 17.9 Å². The van der Waals surface area contributed by atoms with E-state index in [0.717, 1.165) is 5.69 Å². The molecule has 0 saturated carbocycles. The van der Waals surface area contributed by atoms with E-state index in [2.05, 4.69) is 10.3 Å². The average Bonchev–Trinajstić information content (AvgIpc) is 2.75. The molecule has 0 spiro atoms. The molecule has 0 bridgehead atoms.